The van der Waals surface area contributed by atoms with Gasteiger partial charge in [0.1, 0.15) is 17.2 Å². The highest BCUT2D eigenvalue weighted by Gasteiger charge is 2.23. The van der Waals surface area contributed by atoms with E-state index in [1.54, 1.807) is 97.1 Å². The summed E-state index contributed by atoms with van der Waals surface area (Å²) in [6.45, 7) is 7.21. The number of methoxy groups -OCH3 is 1. The Hall–Kier alpha value is -10.2. The van der Waals surface area contributed by atoms with Crippen molar-refractivity contribution < 1.29 is 32.6 Å². The van der Waals surface area contributed by atoms with Gasteiger partial charge in [0.2, 0.25) is 5.91 Å². The van der Waals surface area contributed by atoms with Gasteiger partial charge in [0, 0.05) is 48.4 Å². The monoisotopic (exact) mass is 960 g/mol. The van der Waals surface area contributed by atoms with E-state index in [1.165, 1.54) is 91.5 Å². The van der Waals surface area contributed by atoms with Gasteiger partial charge in [0.25, 0.3) is 5.91 Å². The summed E-state index contributed by atoms with van der Waals surface area (Å²) in [5.74, 6) is -1.99. The molecule has 0 saturated heterocycles. The van der Waals surface area contributed by atoms with Crippen LogP contribution in [0.15, 0.2) is 205 Å². The van der Waals surface area contributed by atoms with Crippen LogP contribution < -0.4 is 35.8 Å². The fourth-order valence-electron chi connectivity index (χ4n) is 8.30. The van der Waals surface area contributed by atoms with E-state index in [-0.39, 0.29) is 40.1 Å². The minimum atomic E-state index is -0.826. The smallest absolute Gasteiger partial charge is 0.338 e. The average Bonchev–Trinajstić information content (AvgIpc) is 3.87. The number of imidazole rings is 2. The lowest BCUT2D eigenvalue weighted by atomic mass is 10.2. The number of pyridine rings is 2. The van der Waals surface area contributed by atoms with Crippen LogP contribution in [-0.2, 0) is 9.59 Å². The first kappa shape index (κ1) is 45.6. The number of rotatable bonds is 14. The fourth-order valence-corrected chi connectivity index (χ4v) is 8.30. The highest BCUT2D eigenvalue weighted by molar-refractivity contribution is 6.07. The Morgan fingerprint density at radius 1 is 0.556 bits per heavy atom. The predicted octanol–water partition coefficient (Wildman–Crippen LogP) is 10.5. The molecule has 354 valence electrons. The molecule has 4 heterocycles. The summed E-state index contributed by atoms with van der Waals surface area (Å²) in [6.07, 6.45) is 8.28. The number of halogens is 2. The van der Waals surface area contributed by atoms with E-state index in [0.29, 0.717) is 50.6 Å². The molecule has 0 atom stereocenters. The van der Waals surface area contributed by atoms with Gasteiger partial charge in [-0.15, -0.1) is 0 Å². The number of amides is 2. The standard InChI is InChI=1S/C55H38F2N8O7/c1-4-52(66)60-34-11-9-12-35(25-34)62-46-21-23-58-32-48(46)64(54(62)68)39-18-20-51(45(57)30-39)72-43-28-40(27-42(31-43)70-3)61(53(67)5-2)36-13-10-14-37(26-36)63-47-22-24-59-33-49(47)65(55(63)69)38-17-19-50(44(56)29-38)71-41-15-7-6-8-16-41/h4-33H,1-2H2,3H3,(H,60,66). The van der Waals surface area contributed by atoms with Crippen molar-refractivity contribution >= 4 is 50.9 Å². The molecule has 0 aliphatic carbocycles. The number of fused-ring (bicyclic) bond motifs is 2. The van der Waals surface area contributed by atoms with E-state index in [9.17, 15) is 19.2 Å². The van der Waals surface area contributed by atoms with E-state index >= 15 is 8.78 Å². The molecular weight excluding hydrogens is 923 g/mol. The molecule has 0 saturated carbocycles. The van der Waals surface area contributed by atoms with Gasteiger partial charge >= 0.3 is 11.4 Å². The van der Waals surface area contributed by atoms with Crippen LogP contribution in [0.5, 0.6) is 28.7 Å². The number of carbonyl (C=O) groups is 2. The molecule has 10 rings (SSSR count). The van der Waals surface area contributed by atoms with E-state index in [2.05, 4.69) is 28.4 Å². The maximum Gasteiger partial charge on any atom is 0.338 e. The minimum absolute atomic E-state index is 0.0287. The Labute approximate surface area is 407 Å². The Morgan fingerprint density at radius 3 is 1.67 bits per heavy atom. The molecule has 0 radical (unpaired) electrons. The molecule has 2 amide bonds. The van der Waals surface area contributed by atoms with Crippen LogP contribution in [0.25, 0.3) is 44.8 Å². The quantitative estimate of drug-likeness (QED) is 0.105. The molecule has 4 aromatic heterocycles. The summed E-state index contributed by atoms with van der Waals surface area (Å²) >= 11 is 0. The topological polar surface area (TPSA) is 157 Å². The predicted molar refractivity (Wildman–Crippen MR) is 269 cm³/mol. The van der Waals surface area contributed by atoms with Crippen molar-refractivity contribution in [1.82, 2.24) is 28.2 Å². The van der Waals surface area contributed by atoms with Crippen molar-refractivity contribution in [3.8, 4) is 51.5 Å². The zero-order valence-electron chi connectivity index (χ0n) is 38.0. The van der Waals surface area contributed by atoms with Gasteiger partial charge in [0.05, 0.1) is 75.7 Å². The second-order valence-electron chi connectivity index (χ2n) is 15.9. The molecule has 0 aliphatic rings. The molecule has 0 aliphatic heterocycles. The maximum atomic E-state index is 16.3. The average molecular weight is 961 g/mol. The van der Waals surface area contributed by atoms with Crippen LogP contribution in [0.2, 0.25) is 0 Å². The van der Waals surface area contributed by atoms with E-state index in [1.807, 2.05) is 6.07 Å². The van der Waals surface area contributed by atoms with Crippen molar-refractivity contribution in [2.45, 2.75) is 0 Å². The van der Waals surface area contributed by atoms with Crippen LogP contribution >= 0.6 is 0 Å². The molecule has 1 N–H and O–H groups in total. The zero-order chi connectivity index (χ0) is 50.0. The number of carbonyl (C=O) groups excluding carboxylic acids is 2. The Kier molecular flexibility index (Phi) is 12.1. The first-order valence-corrected chi connectivity index (χ1v) is 22.0. The summed E-state index contributed by atoms with van der Waals surface area (Å²) in [6, 6.07) is 38.2. The second-order valence-corrected chi connectivity index (χ2v) is 15.9. The van der Waals surface area contributed by atoms with Crippen molar-refractivity contribution in [2.24, 2.45) is 0 Å². The number of para-hydroxylation sites is 1. The first-order chi connectivity index (χ1) is 35.0. The van der Waals surface area contributed by atoms with Gasteiger partial charge in [0.15, 0.2) is 23.1 Å². The lowest BCUT2D eigenvalue weighted by molar-refractivity contribution is -0.113. The molecule has 17 heteroatoms. The highest BCUT2D eigenvalue weighted by atomic mass is 19.1. The molecule has 0 fully saturated rings. The Bertz CT molecular complexity index is 3920. The van der Waals surface area contributed by atoms with E-state index in [4.69, 9.17) is 14.2 Å². The third kappa shape index (κ3) is 8.53. The van der Waals surface area contributed by atoms with Crippen LogP contribution in [-0.4, -0.2) is 47.2 Å². The van der Waals surface area contributed by atoms with Gasteiger partial charge in [-0.1, -0.05) is 43.5 Å². The van der Waals surface area contributed by atoms with Gasteiger partial charge in [-0.2, -0.15) is 0 Å². The van der Waals surface area contributed by atoms with Crippen molar-refractivity contribution in [3.63, 3.8) is 0 Å². The molecule has 0 unspecified atom stereocenters. The van der Waals surface area contributed by atoms with Crippen LogP contribution in [0, 0.1) is 11.6 Å². The first-order valence-electron chi connectivity index (χ1n) is 22.0. The second kappa shape index (κ2) is 19.1. The Morgan fingerprint density at radius 2 is 1.10 bits per heavy atom. The SMILES string of the molecule is C=CC(=O)Nc1cccc(-n2c(=O)n(-c3ccc(Oc4cc(OC)cc(N(C(=O)C=C)c5cccc(-n6c(=O)n(-c7ccc(Oc8ccccc8)c(F)c7)c7cnccc76)c5)c4)c(F)c3)c3cnccc32)c1. The lowest BCUT2D eigenvalue weighted by Crippen LogP contribution is -2.25. The lowest BCUT2D eigenvalue weighted by Gasteiger charge is -2.23. The number of hydrogen-bond donors (Lipinski definition) is 1. The summed E-state index contributed by atoms with van der Waals surface area (Å²) in [4.78, 5) is 64.3. The molecule has 15 nitrogen and oxygen atoms in total. The van der Waals surface area contributed by atoms with Gasteiger partial charge in [-0.3, -0.25) is 42.7 Å². The molecular formula is C55H38F2N8O7. The third-order valence-electron chi connectivity index (χ3n) is 11.5. The van der Waals surface area contributed by atoms with E-state index in [0.717, 1.165) is 18.2 Å². The molecule has 0 bridgehead atoms. The number of nitrogens with zero attached hydrogens (tertiary/aromatic N) is 7. The largest absolute Gasteiger partial charge is 0.497 e. The van der Waals surface area contributed by atoms with Crippen molar-refractivity contribution in [1.29, 1.82) is 0 Å². The number of nitrogens with one attached hydrogen (secondary N) is 1. The van der Waals surface area contributed by atoms with Crippen LogP contribution in [0.1, 0.15) is 0 Å². The third-order valence-corrected chi connectivity index (χ3v) is 11.5. The van der Waals surface area contributed by atoms with Crippen molar-refractivity contribution in [2.75, 3.05) is 17.3 Å². The summed E-state index contributed by atoms with van der Waals surface area (Å²) in [5.41, 5.74) is 2.74. The maximum absolute atomic E-state index is 16.3. The summed E-state index contributed by atoms with van der Waals surface area (Å²) in [7, 11) is 1.42. The Balaban J connectivity index is 0.980. The normalized spacial score (nSPS) is 11.0. The van der Waals surface area contributed by atoms with Gasteiger partial charge in [-0.05, 0) is 97.1 Å². The van der Waals surface area contributed by atoms with E-state index < -0.39 is 34.8 Å². The fraction of sp³-hybridized carbons (Fsp3) is 0.0182. The number of ether oxygens (including phenoxy) is 3. The summed E-state index contributed by atoms with van der Waals surface area (Å²) < 4.78 is 54.8. The van der Waals surface area contributed by atoms with Crippen molar-refractivity contribution in [3.05, 3.63) is 228 Å². The number of aromatic nitrogens is 6. The molecule has 10 aromatic rings. The van der Waals surface area contributed by atoms with Gasteiger partial charge < -0.3 is 19.5 Å². The molecule has 6 aromatic carbocycles. The number of hydrogen-bond acceptors (Lipinski definition) is 9. The number of anilines is 3. The van der Waals surface area contributed by atoms with Crippen LogP contribution in [0.4, 0.5) is 25.8 Å². The van der Waals surface area contributed by atoms with Gasteiger partial charge in [-0.25, -0.2) is 18.4 Å². The summed E-state index contributed by atoms with van der Waals surface area (Å²) in [5, 5.41) is 2.69. The van der Waals surface area contributed by atoms with Crippen LogP contribution in [0.3, 0.4) is 0 Å². The highest BCUT2D eigenvalue weighted by Crippen LogP contribution is 2.38. The minimum Gasteiger partial charge on any atom is -0.497 e. The zero-order valence-corrected chi connectivity index (χ0v) is 38.0. The molecule has 72 heavy (non-hydrogen) atoms. The number of benzene rings is 6. The molecule has 0 spiro atoms.